The predicted molar refractivity (Wildman–Crippen MR) is 60.0 cm³/mol. The maximum Gasteiger partial charge on any atom is 0.249 e. The number of nitrogens with zero attached hydrogens (tertiary/aromatic N) is 1. The lowest BCUT2D eigenvalue weighted by Crippen LogP contribution is -2.31. The zero-order chi connectivity index (χ0) is 11.0. The van der Waals surface area contributed by atoms with E-state index in [0.29, 0.717) is 12.1 Å². The topological polar surface area (TPSA) is 46.3 Å². The number of carbonyl (C=O) groups is 1. The largest absolute Gasteiger partial charge is 0.340 e. The molecule has 0 bridgehead atoms. The fraction of sp³-hybridized carbons (Fsp3) is 0.727. The molecule has 0 saturated carbocycles. The zero-order valence-corrected chi connectivity index (χ0v) is 9.38. The second kappa shape index (κ2) is 7.56. The van der Waals surface area contributed by atoms with Crippen molar-refractivity contribution in [1.82, 2.24) is 4.90 Å². The van der Waals surface area contributed by atoms with Crippen LogP contribution in [-0.2, 0) is 4.79 Å². The van der Waals surface area contributed by atoms with Gasteiger partial charge in [-0.1, -0.05) is 6.58 Å². The van der Waals surface area contributed by atoms with Crippen LogP contribution in [0, 0.1) is 0 Å². The first kappa shape index (κ1) is 13.2. The molecule has 0 rings (SSSR count). The smallest absolute Gasteiger partial charge is 0.249 e. The van der Waals surface area contributed by atoms with E-state index >= 15 is 0 Å². The zero-order valence-electron chi connectivity index (χ0n) is 9.38. The highest BCUT2D eigenvalue weighted by atomic mass is 16.2. The van der Waals surface area contributed by atoms with E-state index in [4.69, 9.17) is 5.73 Å². The van der Waals surface area contributed by atoms with Crippen molar-refractivity contribution >= 4 is 5.91 Å². The average molecular weight is 198 g/mol. The maximum atomic E-state index is 11.7. The summed E-state index contributed by atoms with van der Waals surface area (Å²) < 4.78 is 0. The van der Waals surface area contributed by atoms with Crippen molar-refractivity contribution in [3.63, 3.8) is 0 Å². The van der Waals surface area contributed by atoms with Crippen molar-refractivity contribution in [3.8, 4) is 0 Å². The van der Waals surface area contributed by atoms with Crippen LogP contribution in [0.4, 0.5) is 0 Å². The molecule has 0 unspecified atom stereocenters. The fourth-order valence-corrected chi connectivity index (χ4v) is 1.32. The van der Waals surface area contributed by atoms with Crippen molar-refractivity contribution in [2.45, 2.75) is 33.1 Å². The molecule has 2 N–H and O–H groups in total. The summed E-state index contributed by atoms with van der Waals surface area (Å²) in [6, 6.07) is 0. The number of hydrogen-bond donors (Lipinski definition) is 1. The van der Waals surface area contributed by atoms with Crippen LogP contribution in [0.5, 0.6) is 0 Å². The second-order valence-corrected chi connectivity index (χ2v) is 3.33. The van der Waals surface area contributed by atoms with Gasteiger partial charge in [-0.3, -0.25) is 4.79 Å². The van der Waals surface area contributed by atoms with Gasteiger partial charge < -0.3 is 10.6 Å². The maximum absolute atomic E-state index is 11.7. The van der Waals surface area contributed by atoms with Gasteiger partial charge in [0.25, 0.3) is 0 Å². The molecule has 0 spiro atoms. The summed E-state index contributed by atoms with van der Waals surface area (Å²) in [6.07, 6.45) is 2.69. The van der Waals surface area contributed by atoms with Crippen molar-refractivity contribution < 1.29 is 4.79 Å². The Kier molecular flexibility index (Phi) is 7.11. The molecule has 82 valence electrons. The number of nitrogens with two attached hydrogens (primary N) is 1. The van der Waals surface area contributed by atoms with Crippen LogP contribution in [0.15, 0.2) is 12.2 Å². The molecular weight excluding hydrogens is 176 g/mol. The van der Waals surface area contributed by atoms with Crippen LogP contribution >= 0.6 is 0 Å². The minimum Gasteiger partial charge on any atom is -0.340 e. The van der Waals surface area contributed by atoms with Crippen molar-refractivity contribution in [1.29, 1.82) is 0 Å². The summed E-state index contributed by atoms with van der Waals surface area (Å²) >= 11 is 0. The lowest BCUT2D eigenvalue weighted by molar-refractivity contribution is -0.126. The average Bonchev–Trinajstić information content (AvgIpc) is 2.19. The van der Waals surface area contributed by atoms with Crippen LogP contribution in [0.1, 0.15) is 33.1 Å². The quantitative estimate of drug-likeness (QED) is 0.498. The second-order valence-electron chi connectivity index (χ2n) is 3.33. The van der Waals surface area contributed by atoms with E-state index in [2.05, 4.69) is 6.58 Å². The van der Waals surface area contributed by atoms with Gasteiger partial charge in [0.2, 0.25) is 5.91 Å². The first-order valence-electron chi connectivity index (χ1n) is 5.34. The van der Waals surface area contributed by atoms with Crippen molar-refractivity contribution in [2.75, 3.05) is 19.6 Å². The van der Waals surface area contributed by atoms with E-state index < -0.39 is 0 Å². The molecule has 0 aromatic carbocycles. The Morgan fingerprint density at radius 2 is 1.86 bits per heavy atom. The van der Waals surface area contributed by atoms with E-state index in [0.717, 1.165) is 32.4 Å². The standard InChI is InChI=1S/C11H22N2O/c1-4-13(5-2)11(14)10(3)8-6-7-9-12/h3-9,12H2,1-2H3. The Morgan fingerprint density at radius 3 is 2.29 bits per heavy atom. The summed E-state index contributed by atoms with van der Waals surface area (Å²) in [4.78, 5) is 13.5. The van der Waals surface area contributed by atoms with Crippen LogP contribution in [0.25, 0.3) is 0 Å². The van der Waals surface area contributed by atoms with E-state index in [1.807, 2.05) is 13.8 Å². The minimum absolute atomic E-state index is 0.0898. The first-order chi connectivity index (χ1) is 6.67. The van der Waals surface area contributed by atoms with E-state index in [9.17, 15) is 4.79 Å². The lowest BCUT2D eigenvalue weighted by Gasteiger charge is -2.19. The van der Waals surface area contributed by atoms with Gasteiger partial charge in [-0.25, -0.2) is 0 Å². The van der Waals surface area contributed by atoms with Crippen molar-refractivity contribution in [3.05, 3.63) is 12.2 Å². The molecule has 0 radical (unpaired) electrons. The number of unbranched alkanes of at least 4 members (excludes halogenated alkanes) is 1. The summed E-state index contributed by atoms with van der Waals surface area (Å²) in [5.41, 5.74) is 6.09. The predicted octanol–water partition coefficient (Wildman–Crippen LogP) is 1.54. The third kappa shape index (κ3) is 4.42. The molecule has 0 aliphatic heterocycles. The molecule has 0 aliphatic rings. The van der Waals surface area contributed by atoms with Gasteiger partial charge in [0.15, 0.2) is 0 Å². The first-order valence-corrected chi connectivity index (χ1v) is 5.34. The highest BCUT2D eigenvalue weighted by molar-refractivity contribution is 5.92. The van der Waals surface area contributed by atoms with Gasteiger partial charge >= 0.3 is 0 Å². The fourth-order valence-electron chi connectivity index (χ4n) is 1.32. The van der Waals surface area contributed by atoms with Gasteiger partial charge in [0, 0.05) is 18.7 Å². The van der Waals surface area contributed by atoms with Crippen LogP contribution in [0.2, 0.25) is 0 Å². The van der Waals surface area contributed by atoms with Gasteiger partial charge in [-0.15, -0.1) is 0 Å². The third-order valence-electron chi connectivity index (χ3n) is 2.29. The van der Waals surface area contributed by atoms with Gasteiger partial charge in [0.1, 0.15) is 0 Å². The van der Waals surface area contributed by atoms with Crippen LogP contribution in [0.3, 0.4) is 0 Å². The number of likely N-dealkylation sites (N-methyl/N-ethyl adjacent to an activating group) is 1. The summed E-state index contributed by atoms with van der Waals surface area (Å²) in [5.74, 6) is 0.0898. The third-order valence-corrected chi connectivity index (χ3v) is 2.29. The van der Waals surface area contributed by atoms with Crippen molar-refractivity contribution in [2.24, 2.45) is 5.73 Å². The van der Waals surface area contributed by atoms with Gasteiger partial charge in [0.05, 0.1) is 0 Å². The monoisotopic (exact) mass is 198 g/mol. The molecule has 1 amide bonds. The number of rotatable bonds is 7. The molecule has 3 nitrogen and oxygen atoms in total. The SMILES string of the molecule is C=C(CCCCN)C(=O)N(CC)CC. The Hall–Kier alpha value is -0.830. The van der Waals surface area contributed by atoms with E-state index in [-0.39, 0.29) is 5.91 Å². The molecule has 0 aliphatic carbocycles. The Bertz CT molecular complexity index is 186. The Morgan fingerprint density at radius 1 is 1.29 bits per heavy atom. The molecule has 0 aromatic heterocycles. The summed E-state index contributed by atoms with van der Waals surface area (Å²) in [6.45, 7) is 9.97. The Labute approximate surface area is 87.0 Å². The molecular formula is C11H22N2O. The van der Waals surface area contributed by atoms with E-state index in [1.165, 1.54) is 0 Å². The number of amides is 1. The molecule has 14 heavy (non-hydrogen) atoms. The molecule has 0 aromatic rings. The molecule has 3 heteroatoms. The van der Waals surface area contributed by atoms with Crippen LogP contribution < -0.4 is 5.73 Å². The Balaban J connectivity index is 3.91. The molecule has 0 fully saturated rings. The number of carbonyl (C=O) groups excluding carboxylic acids is 1. The summed E-state index contributed by atoms with van der Waals surface area (Å²) in [5, 5.41) is 0. The normalized spacial score (nSPS) is 9.93. The highest BCUT2D eigenvalue weighted by Crippen LogP contribution is 2.08. The number of hydrogen-bond acceptors (Lipinski definition) is 2. The summed E-state index contributed by atoms with van der Waals surface area (Å²) in [7, 11) is 0. The minimum atomic E-state index is 0.0898. The molecule has 0 heterocycles. The highest BCUT2D eigenvalue weighted by Gasteiger charge is 2.12. The van der Waals surface area contributed by atoms with Gasteiger partial charge in [-0.2, -0.15) is 0 Å². The molecule has 0 saturated heterocycles. The lowest BCUT2D eigenvalue weighted by atomic mass is 10.1. The van der Waals surface area contributed by atoms with Gasteiger partial charge in [-0.05, 0) is 39.7 Å². The molecule has 0 atom stereocenters. The van der Waals surface area contributed by atoms with E-state index in [1.54, 1.807) is 4.90 Å². The van der Waals surface area contributed by atoms with Crippen LogP contribution in [-0.4, -0.2) is 30.4 Å².